The van der Waals surface area contributed by atoms with Gasteiger partial charge in [0.1, 0.15) is 5.76 Å². The molecule has 15 heavy (non-hydrogen) atoms. The second kappa shape index (κ2) is 4.42. The van der Waals surface area contributed by atoms with Crippen LogP contribution in [0.4, 0.5) is 0 Å². The molecule has 0 amide bonds. The molecule has 74 valence electrons. The highest BCUT2D eigenvalue weighted by Crippen LogP contribution is 2.13. The van der Waals surface area contributed by atoms with Crippen LogP contribution < -0.4 is 0 Å². The van der Waals surface area contributed by atoms with Crippen molar-refractivity contribution in [1.82, 2.24) is 4.98 Å². The SMILES string of the molecule is O/C(=C/c1ccccn1)c1ccccc1. The molecule has 0 atom stereocenters. The van der Waals surface area contributed by atoms with Crippen molar-refractivity contribution in [3.05, 3.63) is 66.0 Å². The number of pyridine rings is 1. The Morgan fingerprint density at radius 2 is 1.73 bits per heavy atom. The van der Waals surface area contributed by atoms with Gasteiger partial charge in [0, 0.05) is 17.8 Å². The largest absolute Gasteiger partial charge is 0.507 e. The Bertz CT molecular complexity index is 448. The van der Waals surface area contributed by atoms with E-state index in [1.807, 2.05) is 48.5 Å². The van der Waals surface area contributed by atoms with Crippen molar-refractivity contribution in [2.75, 3.05) is 0 Å². The second-order valence-corrected chi connectivity index (χ2v) is 3.15. The van der Waals surface area contributed by atoms with Crippen LogP contribution in [-0.2, 0) is 0 Å². The number of aliphatic hydroxyl groups is 1. The summed E-state index contributed by atoms with van der Waals surface area (Å²) in [4.78, 5) is 4.11. The summed E-state index contributed by atoms with van der Waals surface area (Å²) in [5, 5.41) is 9.80. The maximum Gasteiger partial charge on any atom is 0.124 e. The normalized spacial score (nSPS) is 11.3. The van der Waals surface area contributed by atoms with Crippen molar-refractivity contribution >= 4 is 11.8 Å². The molecular weight excluding hydrogens is 186 g/mol. The van der Waals surface area contributed by atoms with Gasteiger partial charge in [-0.1, -0.05) is 36.4 Å². The molecule has 0 bridgehead atoms. The summed E-state index contributed by atoms with van der Waals surface area (Å²) in [5.74, 6) is 0.231. The van der Waals surface area contributed by atoms with Gasteiger partial charge in [-0.2, -0.15) is 0 Å². The molecule has 2 heteroatoms. The molecule has 0 saturated carbocycles. The van der Waals surface area contributed by atoms with Gasteiger partial charge < -0.3 is 5.11 Å². The second-order valence-electron chi connectivity index (χ2n) is 3.15. The van der Waals surface area contributed by atoms with Gasteiger partial charge in [-0.05, 0) is 12.1 Å². The van der Waals surface area contributed by atoms with E-state index in [1.165, 1.54) is 0 Å². The van der Waals surface area contributed by atoms with Crippen molar-refractivity contribution in [3.8, 4) is 0 Å². The van der Waals surface area contributed by atoms with Crippen molar-refractivity contribution < 1.29 is 5.11 Å². The molecule has 0 saturated heterocycles. The van der Waals surface area contributed by atoms with Crippen LogP contribution in [-0.4, -0.2) is 10.1 Å². The van der Waals surface area contributed by atoms with Crippen LogP contribution in [0.3, 0.4) is 0 Å². The quantitative estimate of drug-likeness (QED) is 0.750. The highest BCUT2D eigenvalue weighted by atomic mass is 16.3. The maximum atomic E-state index is 9.80. The summed E-state index contributed by atoms with van der Waals surface area (Å²) in [6.07, 6.45) is 3.35. The van der Waals surface area contributed by atoms with Gasteiger partial charge in [0.2, 0.25) is 0 Å². The minimum absolute atomic E-state index is 0.231. The Kier molecular flexibility index (Phi) is 2.79. The lowest BCUT2D eigenvalue weighted by Crippen LogP contribution is -1.83. The number of benzene rings is 1. The van der Waals surface area contributed by atoms with Gasteiger partial charge in [-0.25, -0.2) is 0 Å². The smallest absolute Gasteiger partial charge is 0.124 e. The number of hydrogen-bond donors (Lipinski definition) is 1. The third-order valence-electron chi connectivity index (χ3n) is 2.04. The number of rotatable bonds is 2. The summed E-state index contributed by atoms with van der Waals surface area (Å²) in [5.41, 5.74) is 1.54. The molecule has 0 aliphatic heterocycles. The minimum Gasteiger partial charge on any atom is -0.507 e. The highest BCUT2D eigenvalue weighted by Gasteiger charge is 1.97. The van der Waals surface area contributed by atoms with Crippen LogP contribution in [0.5, 0.6) is 0 Å². The van der Waals surface area contributed by atoms with Crippen molar-refractivity contribution in [3.63, 3.8) is 0 Å². The van der Waals surface area contributed by atoms with Crippen LogP contribution in [0, 0.1) is 0 Å². The van der Waals surface area contributed by atoms with E-state index in [2.05, 4.69) is 4.98 Å². The number of aliphatic hydroxyl groups excluding tert-OH is 1. The molecule has 0 aliphatic carbocycles. The first kappa shape index (κ1) is 9.46. The molecule has 2 rings (SSSR count). The van der Waals surface area contributed by atoms with Crippen LogP contribution >= 0.6 is 0 Å². The van der Waals surface area contributed by atoms with Crippen LogP contribution in [0.15, 0.2) is 54.7 Å². The van der Waals surface area contributed by atoms with E-state index in [0.29, 0.717) is 0 Å². The van der Waals surface area contributed by atoms with Gasteiger partial charge in [-0.15, -0.1) is 0 Å². The molecule has 0 aliphatic rings. The molecule has 0 fully saturated rings. The Morgan fingerprint density at radius 1 is 1.00 bits per heavy atom. The minimum atomic E-state index is 0.231. The topological polar surface area (TPSA) is 33.1 Å². The van der Waals surface area contributed by atoms with Crippen molar-refractivity contribution in [2.45, 2.75) is 0 Å². The predicted octanol–water partition coefficient (Wildman–Crippen LogP) is 3.14. The fourth-order valence-corrected chi connectivity index (χ4v) is 1.29. The summed E-state index contributed by atoms with van der Waals surface area (Å²) < 4.78 is 0. The van der Waals surface area contributed by atoms with Crippen LogP contribution in [0.2, 0.25) is 0 Å². The number of hydrogen-bond acceptors (Lipinski definition) is 2. The molecule has 0 spiro atoms. The average Bonchev–Trinajstić information content (AvgIpc) is 2.31. The van der Waals surface area contributed by atoms with Gasteiger partial charge in [0.25, 0.3) is 0 Å². The maximum absolute atomic E-state index is 9.80. The summed E-state index contributed by atoms with van der Waals surface area (Å²) in [6.45, 7) is 0. The first-order chi connectivity index (χ1) is 7.36. The molecule has 1 aromatic heterocycles. The van der Waals surface area contributed by atoms with Crippen LogP contribution in [0.1, 0.15) is 11.3 Å². The molecule has 1 N–H and O–H groups in total. The lowest BCUT2D eigenvalue weighted by atomic mass is 10.1. The van der Waals surface area contributed by atoms with E-state index >= 15 is 0 Å². The third kappa shape index (κ3) is 2.44. The van der Waals surface area contributed by atoms with Gasteiger partial charge in [0.05, 0.1) is 5.69 Å². The van der Waals surface area contributed by atoms with E-state index in [0.717, 1.165) is 11.3 Å². The average molecular weight is 197 g/mol. The lowest BCUT2D eigenvalue weighted by Gasteiger charge is -1.99. The fraction of sp³-hybridized carbons (Fsp3) is 0. The molecule has 0 unspecified atom stereocenters. The van der Waals surface area contributed by atoms with Gasteiger partial charge in [-0.3, -0.25) is 4.98 Å². The molecule has 0 radical (unpaired) electrons. The Balaban J connectivity index is 2.29. The van der Waals surface area contributed by atoms with Crippen molar-refractivity contribution in [2.24, 2.45) is 0 Å². The summed E-state index contributed by atoms with van der Waals surface area (Å²) in [7, 11) is 0. The van der Waals surface area contributed by atoms with E-state index in [-0.39, 0.29) is 5.76 Å². The number of aromatic nitrogens is 1. The fourth-order valence-electron chi connectivity index (χ4n) is 1.29. The zero-order chi connectivity index (χ0) is 10.5. The van der Waals surface area contributed by atoms with Gasteiger partial charge >= 0.3 is 0 Å². The summed E-state index contributed by atoms with van der Waals surface area (Å²) >= 11 is 0. The predicted molar refractivity (Wildman–Crippen MR) is 61.2 cm³/mol. The van der Waals surface area contributed by atoms with E-state index in [1.54, 1.807) is 12.3 Å². The zero-order valence-corrected chi connectivity index (χ0v) is 8.17. The van der Waals surface area contributed by atoms with Crippen LogP contribution in [0.25, 0.3) is 11.8 Å². The molecule has 1 aromatic carbocycles. The lowest BCUT2D eigenvalue weighted by molar-refractivity contribution is 0.515. The molecule has 2 nitrogen and oxygen atoms in total. The van der Waals surface area contributed by atoms with E-state index in [9.17, 15) is 5.11 Å². The van der Waals surface area contributed by atoms with Crippen molar-refractivity contribution in [1.29, 1.82) is 0 Å². The number of nitrogens with zero attached hydrogens (tertiary/aromatic N) is 1. The standard InChI is InChI=1S/C13H11NO/c15-13(11-6-2-1-3-7-11)10-12-8-4-5-9-14-12/h1-10,15H/b13-10+. The Labute approximate surface area is 88.5 Å². The van der Waals surface area contributed by atoms with E-state index < -0.39 is 0 Å². The highest BCUT2D eigenvalue weighted by molar-refractivity contribution is 5.74. The molecule has 2 aromatic rings. The summed E-state index contributed by atoms with van der Waals surface area (Å²) in [6, 6.07) is 15.0. The molecular formula is C13H11NO. The first-order valence-corrected chi connectivity index (χ1v) is 4.73. The molecule has 1 heterocycles. The monoisotopic (exact) mass is 197 g/mol. The third-order valence-corrected chi connectivity index (χ3v) is 2.04. The zero-order valence-electron chi connectivity index (χ0n) is 8.17. The first-order valence-electron chi connectivity index (χ1n) is 4.73. The Morgan fingerprint density at radius 3 is 2.40 bits per heavy atom. The van der Waals surface area contributed by atoms with E-state index in [4.69, 9.17) is 0 Å². The Hall–Kier alpha value is -2.09. The van der Waals surface area contributed by atoms with Gasteiger partial charge in [0.15, 0.2) is 0 Å².